The number of imidazole rings is 1. The Morgan fingerprint density at radius 3 is 2.50 bits per heavy atom. The first-order valence-electron chi connectivity index (χ1n) is 10.1. The molecule has 0 amide bonds. The highest BCUT2D eigenvalue weighted by atomic mass is 35.5. The number of aliphatic hydroxyl groups is 1. The molecule has 3 nitrogen and oxygen atoms in total. The molecule has 0 saturated heterocycles. The van der Waals surface area contributed by atoms with Crippen molar-refractivity contribution in [1.82, 2.24) is 9.55 Å². The molecule has 2 aromatic carbocycles. The van der Waals surface area contributed by atoms with E-state index in [9.17, 15) is 9.50 Å². The maximum atomic E-state index is 15.1. The molecular formula is C23H22Cl2F2N2O. The van der Waals surface area contributed by atoms with Crippen molar-refractivity contribution in [3.63, 3.8) is 0 Å². The molecule has 0 radical (unpaired) electrons. The van der Waals surface area contributed by atoms with Gasteiger partial charge in [0.25, 0.3) is 0 Å². The van der Waals surface area contributed by atoms with Crippen molar-refractivity contribution < 1.29 is 13.9 Å². The SMILES string of the molecule is OCc1nc(CC2CCCCC2)n(-c2cccc(Cl)c2F)c1-c1ccc(F)c(Cl)c1. The van der Waals surface area contributed by atoms with Gasteiger partial charge in [-0.2, -0.15) is 0 Å². The number of hydrogen-bond acceptors (Lipinski definition) is 2. The first-order chi connectivity index (χ1) is 14.5. The molecule has 0 aliphatic heterocycles. The van der Waals surface area contributed by atoms with Crippen LogP contribution >= 0.6 is 23.2 Å². The normalized spacial score (nSPS) is 15.0. The fraction of sp³-hybridized carbons (Fsp3) is 0.348. The van der Waals surface area contributed by atoms with E-state index in [1.807, 2.05) is 0 Å². The van der Waals surface area contributed by atoms with Crippen LogP contribution in [0.4, 0.5) is 8.78 Å². The van der Waals surface area contributed by atoms with Gasteiger partial charge in [0.2, 0.25) is 0 Å². The number of hydrogen-bond donors (Lipinski definition) is 1. The second-order valence-corrected chi connectivity index (χ2v) is 8.54. The lowest BCUT2D eigenvalue weighted by Crippen LogP contribution is -2.14. The van der Waals surface area contributed by atoms with E-state index in [4.69, 9.17) is 23.2 Å². The third kappa shape index (κ3) is 4.11. The van der Waals surface area contributed by atoms with Gasteiger partial charge in [-0.25, -0.2) is 13.8 Å². The van der Waals surface area contributed by atoms with E-state index in [1.165, 1.54) is 37.5 Å². The van der Waals surface area contributed by atoms with Gasteiger partial charge in [-0.3, -0.25) is 4.57 Å². The summed E-state index contributed by atoms with van der Waals surface area (Å²) in [6, 6.07) is 9.07. The third-order valence-corrected chi connectivity index (χ3v) is 6.31. The lowest BCUT2D eigenvalue weighted by molar-refractivity contribution is 0.277. The zero-order valence-corrected chi connectivity index (χ0v) is 17.9. The molecule has 1 aromatic heterocycles. The molecule has 30 heavy (non-hydrogen) atoms. The van der Waals surface area contributed by atoms with Crippen molar-refractivity contribution >= 4 is 23.2 Å². The second-order valence-electron chi connectivity index (χ2n) is 7.73. The fourth-order valence-electron chi connectivity index (χ4n) is 4.28. The van der Waals surface area contributed by atoms with Crippen LogP contribution in [0.15, 0.2) is 36.4 Å². The predicted octanol–water partition coefficient (Wildman–Crippen LogP) is 6.74. The highest BCUT2D eigenvalue weighted by Crippen LogP contribution is 2.36. The number of rotatable bonds is 5. The summed E-state index contributed by atoms with van der Waals surface area (Å²) in [6.45, 7) is -0.336. The van der Waals surface area contributed by atoms with E-state index in [0.717, 1.165) is 12.8 Å². The minimum Gasteiger partial charge on any atom is -0.390 e. The van der Waals surface area contributed by atoms with Gasteiger partial charge in [-0.05, 0) is 36.2 Å². The van der Waals surface area contributed by atoms with Crippen molar-refractivity contribution in [2.75, 3.05) is 0 Å². The summed E-state index contributed by atoms with van der Waals surface area (Å²) in [5.41, 5.74) is 1.68. The van der Waals surface area contributed by atoms with Crippen LogP contribution in [-0.4, -0.2) is 14.7 Å². The van der Waals surface area contributed by atoms with Crippen molar-refractivity contribution in [3.05, 3.63) is 69.6 Å². The molecule has 0 spiro atoms. The van der Waals surface area contributed by atoms with Crippen LogP contribution < -0.4 is 0 Å². The van der Waals surface area contributed by atoms with Gasteiger partial charge in [0.1, 0.15) is 11.6 Å². The smallest absolute Gasteiger partial charge is 0.165 e. The van der Waals surface area contributed by atoms with Gasteiger partial charge in [-0.1, -0.05) is 61.4 Å². The van der Waals surface area contributed by atoms with E-state index in [1.54, 1.807) is 22.8 Å². The van der Waals surface area contributed by atoms with Crippen LogP contribution in [0.25, 0.3) is 16.9 Å². The highest BCUT2D eigenvalue weighted by Gasteiger charge is 2.25. The summed E-state index contributed by atoms with van der Waals surface area (Å²) >= 11 is 12.1. The van der Waals surface area contributed by atoms with Crippen LogP contribution in [0.1, 0.15) is 43.6 Å². The Kier molecular flexibility index (Phi) is 6.42. The Labute approximate surface area is 184 Å². The van der Waals surface area contributed by atoms with Crippen LogP contribution in [0, 0.1) is 17.6 Å². The van der Waals surface area contributed by atoms with Crippen molar-refractivity contribution in [2.45, 2.75) is 45.1 Å². The fourth-order valence-corrected chi connectivity index (χ4v) is 4.63. The predicted molar refractivity (Wildman–Crippen MR) is 115 cm³/mol. The molecule has 1 saturated carbocycles. The molecule has 0 bridgehead atoms. The Balaban J connectivity index is 1.93. The molecule has 158 valence electrons. The van der Waals surface area contributed by atoms with Crippen molar-refractivity contribution in [2.24, 2.45) is 5.92 Å². The quantitative estimate of drug-likeness (QED) is 0.467. The molecule has 1 heterocycles. The lowest BCUT2D eigenvalue weighted by atomic mass is 9.87. The van der Waals surface area contributed by atoms with Gasteiger partial charge in [-0.15, -0.1) is 0 Å². The minimum atomic E-state index is -0.569. The zero-order chi connectivity index (χ0) is 21.3. The van der Waals surface area contributed by atoms with Gasteiger partial charge in [0.15, 0.2) is 5.82 Å². The molecule has 0 atom stereocenters. The van der Waals surface area contributed by atoms with Gasteiger partial charge >= 0.3 is 0 Å². The number of aromatic nitrogens is 2. The summed E-state index contributed by atoms with van der Waals surface area (Å²) in [5.74, 6) is -0.0188. The van der Waals surface area contributed by atoms with Crippen molar-refractivity contribution in [1.29, 1.82) is 0 Å². The van der Waals surface area contributed by atoms with Gasteiger partial charge in [0.05, 0.1) is 33.7 Å². The van der Waals surface area contributed by atoms with Crippen LogP contribution in [0.2, 0.25) is 10.0 Å². The standard InChI is InChI=1S/C23H22Cl2F2N2O/c24-16-7-4-8-20(22(16)27)29-21(11-14-5-2-1-3-6-14)28-19(13-30)23(29)15-9-10-18(26)17(25)12-15/h4,7-10,12,14,30H,1-3,5-6,11,13H2. The first kappa shape index (κ1) is 21.3. The topological polar surface area (TPSA) is 38.1 Å². The van der Waals surface area contributed by atoms with Crippen LogP contribution in [0.3, 0.4) is 0 Å². The molecule has 1 aliphatic carbocycles. The summed E-state index contributed by atoms with van der Waals surface area (Å²) in [6.07, 6.45) is 6.42. The number of nitrogens with zero attached hydrogens (tertiary/aromatic N) is 2. The second kappa shape index (κ2) is 9.04. The van der Waals surface area contributed by atoms with E-state index < -0.39 is 11.6 Å². The molecular weight excluding hydrogens is 429 g/mol. The van der Waals surface area contributed by atoms with E-state index >= 15 is 4.39 Å². The molecule has 7 heteroatoms. The number of halogens is 4. The monoisotopic (exact) mass is 450 g/mol. The van der Waals surface area contributed by atoms with E-state index in [0.29, 0.717) is 35.1 Å². The zero-order valence-electron chi connectivity index (χ0n) is 16.3. The van der Waals surface area contributed by atoms with Crippen LogP contribution in [0.5, 0.6) is 0 Å². The maximum absolute atomic E-state index is 15.1. The summed E-state index contributed by atoms with van der Waals surface area (Å²) in [4.78, 5) is 4.66. The van der Waals surface area contributed by atoms with Gasteiger partial charge < -0.3 is 5.11 Å². The Morgan fingerprint density at radius 2 is 1.80 bits per heavy atom. The Hall–Kier alpha value is -1.95. The molecule has 1 N–H and O–H groups in total. The Bertz CT molecular complexity index is 1060. The van der Waals surface area contributed by atoms with E-state index in [-0.39, 0.29) is 22.3 Å². The van der Waals surface area contributed by atoms with E-state index in [2.05, 4.69) is 4.98 Å². The summed E-state index contributed by atoms with van der Waals surface area (Å²) < 4.78 is 30.5. The summed E-state index contributed by atoms with van der Waals surface area (Å²) in [5, 5.41) is 9.96. The molecule has 1 fully saturated rings. The highest BCUT2D eigenvalue weighted by molar-refractivity contribution is 6.31. The first-order valence-corrected chi connectivity index (χ1v) is 10.9. The third-order valence-electron chi connectivity index (χ3n) is 5.73. The minimum absolute atomic E-state index is 0.00143. The molecule has 1 aliphatic rings. The number of benzene rings is 2. The summed E-state index contributed by atoms with van der Waals surface area (Å²) in [7, 11) is 0. The number of aliphatic hydroxyl groups excluding tert-OH is 1. The largest absolute Gasteiger partial charge is 0.390 e. The molecule has 0 unspecified atom stereocenters. The van der Waals surface area contributed by atoms with Crippen LogP contribution in [-0.2, 0) is 13.0 Å². The maximum Gasteiger partial charge on any atom is 0.165 e. The average molecular weight is 451 g/mol. The van der Waals surface area contributed by atoms with Gasteiger partial charge in [0, 0.05) is 12.0 Å². The average Bonchev–Trinajstić information content (AvgIpc) is 3.11. The molecule has 4 rings (SSSR count). The molecule has 3 aromatic rings. The Morgan fingerprint density at radius 1 is 1.03 bits per heavy atom. The van der Waals surface area contributed by atoms with Crippen molar-refractivity contribution in [3.8, 4) is 16.9 Å². The lowest BCUT2D eigenvalue weighted by Gasteiger charge is -2.22.